The molecule has 1 aliphatic rings. The van der Waals surface area contributed by atoms with E-state index in [1.165, 1.54) is 6.33 Å². The summed E-state index contributed by atoms with van der Waals surface area (Å²) in [4.78, 5) is 12.0. The Labute approximate surface area is 113 Å². The van der Waals surface area contributed by atoms with Gasteiger partial charge in [-0.2, -0.15) is 9.97 Å². The van der Waals surface area contributed by atoms with Crippen molar-refractivity contribution in [2.75, 3.05) is 11.5 Å². The fraction of sp³-hybridized carbons (Fsp3) is 0.500. The largest absolute Gasteiger partial charge is 0.390 e. The summed E-state index contributed by atoms with van der Waals surface area (Å²) in [5.41, 5.74) is 17.4. The predicted octanol–water partition coefficient (Wildman–Crippen LogP) is -2.08. The maximum Gasteiger partial charge on any atom is 0.224 e. The van der Waals surface area contributed by atoms with Crippen LogP contribution in [-0.4, -0.2) is 48.2 Å². The number of hydrogen-bond acceptors (Lipinski definition) is 9. The van der Waals surface area contributed by atoms with E-state index in [9.17, 15) is 10.2 Å². The van der Waals surface area contributed by atoms with E-state index in [4.69, 9.17) is 21.9 Å². The Morgan fingerprint density at radius 1 is 1.40 bits per heavy atom. The minimum Gasteiger partial charge on any atom is -0.390 e. The molecule has 20 heavy (non-hydrogen) atoms. The first-order valence-corrected chi connectivity index (χ1v) is 6.00. The van der Waals surface area contributed by atoms with Gasteiger partial charge in [-0.05, 0) is 0 Å². The molecule has 4 atom stereocenters. The van der Waals surface area contributed by atoms with E-state index < -0.39 is 24.7 Å². The first-order valence-electron chi connectivity index (χ1n) is 6.00. The maximum absolute atomic E-state index is 9.83. The van der Waals surface area contributed by atoms with Crippen LogP contribution < -0.4 is 17.2 Å². The number of aliphatic hydroxyl groups is 2. The monoisotopic (exact) mass is 281 g/mol. The van der Waals surface area contributed by atoms with Crippen LogP contribution in [0.4, 0.5) is 11.8 Å². The Balaban J connectivity index is 2.00. The van der Waals surface area contributed by atoms with Crippen molar-refractivity contribution in [3.63, 3.8) is 0 Å². The van der Waals surface area contributed by atoms with E-state index >= 15 is 0 Å². The zero-order valence-corrected chi connectivity index (χ0v) is 10.4. The average molecular weight is 281 g/mol. The Morgan fingerprint density at radius 2 is 2.15 bits per heavy atom. The number of imidazole rings is 1. The van der Waals surface area contributed by atoms with Gasteiger partial charge >= 0.3 is 0 Å². The van der Waals surface area contributed by atoms with Gasteiger partial charge in [-0.15, -0.1) is 0 Å². The summed E-state index contributed by atoms with van der Waals surface area (Å²) in [6.07, 6.45) is -1.86. The summed E-state index contributed by atoms with van der Waals surface area (Å²) < 4.78 is 7.10. The molecule has 10 heteroatoms. The minimum absolute atomic E-state index is 0.0192. The van der Waals surface area contributed by atoms with Crippen LogP contribution in [0.15, 0.2) is 6.33 Å². The fourth-order valence-corrected chi connectivity index (χ4v) is 2.32. The summed E-state index contributed by atoms with van der Waals surface area (Å²) >= 11 is 0. The Bertz CT molecular complexity index is 643. The summed E-state index contributed by atoms with van der Waals surface area (Å²) in [5, 5.41) is 19.2. The molecule has 1 saturated heterocycles. The van der Waals surface area contributed by atoms with Gasteiger partial charge < -0.3 is 32.2 Å². The van der Waals surface area contributed by atoms with Crippen molar-refractivity contribution >= 4 is 22.9 Å². The zero-order chi connectivity index (χ0) is 14.4. The molecule has 1 unspecified atom stereocenters. The molecule has 3 rings (SSSR count). The van der Waals surface area contributed by atoms with E-state index in [1.54, 1.807) is 4.57 Å². The number of anilines is 2. The van der Waals surface area contributed by atoms with E-state index in [0.29, 0.717) is 11.2 Å². The van der Waals surface area contributed by atoms with Gasteiger partial charge in [0, 0.05) is 6.42 Å². The van der Waals surface area contributed by atoms with E-state index in [0.717, 1.165) is 0 Å². The molecule has 10 nitrogen and oxygen atoms in total. The molecule has 2 aromatic heterocycles. The lowest BCUT2D eigenvalue weighted by molar-refractivity contribution is -0.0790. The van der Waals surface area contributed by atoms with Gasteiger partial charge in [0.2, 0.25) is 5.95 Å². The van der Waals surface area contributed by atoms with Crippen molar-refractivity contribution in [2.24, 2.45) is 5.73 Å². The highest BCUT2D eigenvalue weighted by Gasteiger charge is 2.38. The Hall–Kier alpha value is -2.01. The van der Waals surface area contributed by atoms with Crippen molar-refractivity contribution in [3.8, 4) is 0 Å². The number of hydrogen-bond donors (Lipinski definition) is 5. The number of ether oxygens (including phenoxy) is 1. The topological polar surface area (TPSA) is 171 Å². The van der Waals surface area contributed by atoms with E-state index in [2.05, 4.69) is 15.0 Å². The lowest BCUT2D eigenvalue weighted by Crippen LogP contribution is -2.40. The third-order valence-corrected chi connectivity index (χ3v) is 3.25. The number of fused-ring (bicyclic) bond motifs is 1. The molecule has 1 aliphatic heterocycles. The summed E-state index contributed by atoms with van der Waals surface area (Å²) in [5.74, 6) is 0.186. The molecule has 0 aliphatic carbocycles. The van der Waals surface area contributed by atoms with Gasteiger partial charge in [-0.25, -0.2) is 4.98 Å². The summed E-state index contributed by atoms with van der Waals surface area (Å²) in [7, 11) is 0. The lowest BCUT2D eigenvalue weighted by Gasteiger charge is -2.17. The Morgan fingerprint density at radius 3 is 2.80 bits per heavy atom. The number of nitrogen functional groups attached to an aromatic ring is 2. The standard InChI is InChI=1S/C10H15N7O3/c11-7-5-9(16-10(13)15-7)17(2-14-5)4-1-3(18)6(20-4)8(12)19/h2-4,6,8,18-19H,1,12H2,(H4,11,13,15,16)/t3-,4+,6-,8?/m0/s1. The highest BCUT2D eigenvalue weighted by molar-refractivity contribution is 5.82. The predicted molar refractivity (Wildman–Crippen MR) is 68.9 cm³/mol. The minimum atomic E-state index is -1.27. The van der Waals surface area contributed by atoms with Crippen LogP contribution in [0.5, 0.6) is 0 Å². The van der Waals surface area contributed by atoms with Gasteiger partial charge in [0.15, 0.2) is 11.5 Å². The number of rotatable bonds is 2. The highest BCUT2D eigenvalue weighted by Crippen LogP contribution is 2.32. The molecule has 0 bridgehead atoms. The third kappa shape index (κ3) is 1.94. The lowest BCUT2D eigenvalue weighted by atomic mass is 10.1. The fourth-order valence-electron chi connectivity index (χ4n) is 2.32. The molecule has 0 radical (unpaired) electrons. The zero-order valence-electron chi connectivity index (χ0n) is 10.4. The molecule has 8 N–H and O–H groups in total. The second kappa shape index (κ2) is 4.52. The van der Waals surface area contributed by atoms with Crippen molar-refractivity contribution in [1.82, 2.24) is 19.5 Å². The molecule has 0 saturated carbocycles. The van der Waals surface area contributed by atoms with Crippen LogP contribution in [-0.2, 0) is 4.74 Å². The van der Waals surface area contributed by atoms with Crippen LogP contribution in [0.3, 0.4) is 0 Å². The van der Waals surface area contributed by atoms with Crippen molar-refractivity contribution in [2.45, 2.75) is 31.1 Å². The molecular weight excluding hydrogens is 266 g/mol. The van der Waals surface area contributed by atoms with Crippen molar-refractivity contribution in [1.29, 1.82) is 0 Å². The van der Waals surface area contributed by atoms with Crippen molar-refractivity contribution in [3.05, 3.63) is 6.33 Å². The van der Waals surface area contributed by atoms with Crippen LogP contribution in [0.25, 0.3) is 11.2 Å². The number of aromatic nitrogens is 4. The maximum atomic E-state index is 9.83. The molecule has 3 heterocycles. The van der Waals surface area contributed by atoms with E-state index in [-0.39, 0.29) is 18.2 Å². The quantitative estimate of drug-likeness (QED) is 0.387. The Kier molecular flexibility index (Phi) is 2.94. The van der Waals surface area contributed by atoms with Gasteiger partial charge in [0.1, 0.15) is 24.1 Å². The first-order chi connectivity index (χ1) is 9.47. The highest BCUT2D eigenvalue weighted by atomic mass is 16.5. The van der Waals surface area contributed by atoms with E-state index in [1.807, 2.05) is 0 Å². The SMILES string of the molecule is Nc1nc(N)c2ncn([C@H]3C[C@H](O)[C@@H](C(N)O)O3)c2n1. The first kappa shape index (κ1) is 13.0. The number of nitrogens with two attached hydrogens (primary N) is 3. The molecule has 2 aromatic rings. The molecule has 0 amide bonds. The molecule has 0 aromatic carbocycles. The third-order valence-electron chi connectivity index (χ3n) is 3.25. The molecule has 1 fully saturated rings. The van der Waals surface area contributed by atoms with Gasteiger partial charge in [0.25, 0.3) is 0 Å². The summed E-state index contributed by atoms with van der Waals surface area (Å²) in [6.45, 7) is 0. The van der Waals surface area contributed by atoms with Gasteiger partial charge in [0.05, 0.1) is 12.4 Å². The average Bonchev–Trinajstić information content (AvgIpc) is 2.92. The molecule has 108 valence electrons. The van der Waals surface area contributed by atoms with Gasteiger partial charge in [-0.3, -0.25) is 4.57 Å². The number of aliphatic hydroxyl groups excluding tert-OH is 2. The second-order valence-electron chi connectivity index (χ2n) is 4.64. The van der Waals surface area contributed by atoms with Crippen LogP contribution >= 0.6 is 0 Å². The van der Waals surface area contributed by atoms with Crippen LogP contribution in [0.1, 0.15) is 12.6 Å². The van der Waals surface area contributed by atoms with Crippen LogP contribution in [0, 0.1) is 0 Å². The molecule has 0 spiro atoms. The normalized spacial score (nSPS) is 28.1. The van der Waals surface area contributed by atoms with Crippen LogP contribution in [0.2, 0.25) is 0 Å². The van der Waals surface area contributed by atoms with Crippen molar-refractivity contribution < 1.29 is 14.9 Å². The van der Waals surface area contributed by atoms with Gasteiger partial charge in [-0.1, -0.05) is 0 Å². The number of nitrogens with zero attached hydrogens (tertiary/aromatic N) is 4. The molecular formula is C10H15N7O3. The summed E-state index contributed by atoms with van der Waals surface area (Å²) in [6, 6.07) is 0. The second-order valence-corrected chi connectivity index (χ2v) is 4.64. The smallest absolute Gasteiger partial charge is 0.224 e.